The lowest BCUT2D eigenvalue weighted by Crippen LogP contribution is -2.01. The number of hydrogen-bond donors (Lipinski definition) is 0. The zero-order chi connectivity index (χ0) is 8.97. The summed E-state index contributed by atoms with van der Waals surface area (Å²) in [6.45, 7) is 3.40. The van der Waals surface area contributed by atoms with E-state index in [9.17, 15) is 4.79 Å². The molecule has 0 aliphatic rings. The van der Waals surface area contributed by atoms with E-state index < -0.39 is 0 Å². The van der Waals surface area contributed by atoms with Gasteiger partial charge in [0, 0.05) is 13.1 Å². The standard InChI is InChI=1S/C8H10N2O2/c1-6-3-9-4-8(10-6)5-12-7(2)11/h3-4H,5H2,1-2H3. The molecule has 0 saturated carbocycles. The maximum Gasteiger partial charge on any atom is 0.303 e. The van der Waals surface area contributed by atoms with Gasteiger partial charge in [0.15, 0.2) is 0 Å². The van der Waals surface area contributed by atoms with Crippen LogP contribution in [0.2, 0.25) is 0 Å². The van der Waals surface area contributed by atoms with Crippen molar-refractivity contribution in [2.24, 2.45) is 0 Å². The predicted octanol–water partition coefficient (Wildman–Crippen LogP) is 0.848. The molecule has 0 amide bonds. The SMILES string of the molecule is CC(=O)OCc1cncc(C)n1. The lowest BCUT2D eigenvalue weighted by Gasteiger charge is -2.00. The minimum absolute atomic E-state index is 0.198. The van der Waals surface area contributed by atoms with Crippen molar-refractivity contribution in [2.45, 2.75) is 20.5 Å². The molecule has 0 aromatic carbocycles. The van der Waals surface area contributed by atoms with Gasteiger partial charge in [-0.1, -0.05) is 0 Å². The summed E-state index contributed by atoms with van der Waals surface area (Å²) in [6, 6.07) is 0. The van der Waals surface area contributed by atoms with Crippen LogP contribution in [-0.2, 0) is 16.1 Å². The molecule has 0 aliphatic heterocycles. The number of nitrogens with zero attached hydrogens (tertiary/aromatic N) is 2. The highest BCUT2D eigenvalue weighted by molar-refractivity contribution is 5.65. The van der Waals surface area contributed by atoms with Gasteiger partial charge < -0.3 is 4.74 Å². The maximum atomic E-state index is 10.4. The van der Waals surface area contributed by atoms with Gasteiger partial charge in [0.05, 0.1) is 17.6 Å². The first-order valence-corrected chi connectivity index (χ1v) is 3.59. The molecule has 1 heterocycles. The number of rotatable bonds is 2. The third-order valence-electron chi connectivity index (χ3n) is 1.23. The fourth-order valence-corrected chi connectivity index (χ4v) is 0.761. The lowest BCUT2D eigenvalue weighted by atomic mass is 10.4. The third kappa shape index (κ3) is 2.65. The third-order valence-corrected chi connectivity index (χ3v) is 1.23. The van der Waals surface area contributed by atoms with Gasteiger partial charge in [-0.3, -0.25) is 14.8 Å². The van der Waals surface area contributed by atoms with E-state index in [-0.39, 0.29) is 12.6 Å². The van der Waals surface area contributed by atoms with Crippen molar-refractivity contribution < 1.29 is 9.53 Å². The van der Waals surface area contributed by atoms with Crippen molar-refractivity contribution in [2.75, 3.05) is 0 Å². The summed E-state index contributed by atoms with van der Waals surface area (Å²) < 4.78 is 4.74. The first-order chi connectivity index (χ1) is 5.68. The van der Waals surface area contributed by atoms with Gasteiger partial charge in [0.25, 0.3) is 0 Å². The van der Waals surface area contributed by atoms with Gasteiger partial charge in [0.2, 0.25) is 0 Å². The molecule has 4 nitrogen and oxygen atoms in total. The Kier molecular flexibility index (Phi) is 2.74. The molecule has 0 saturated heterocycles. The first-order valence-electron chi connectivity index (χ1n) is 3.59. The van der Waals surface area contributed by atoms with Crippen LogP contribution in [0.5, 0.6) is 0 Å². The van der Waals surface area contributed by atoms with Crippen molar-refractivity contribution in [1.82, 2.24) is 9.97 Å². The van der Waals surface area contributed by atoms with Crippen molar-refractivity contribution in [3.8, 4) is 0 Å². The molecule has 1 aromatic heterocycles. The second-order valence-electron chi connectivity index (χ2n) is 2.43. The molecule has 1 aromatic rings. The molecule has 0 N–H and O–H groups in total. The second-order valence-corrected chi connectivity index (χ2v) is 2.43. The minimum atomic E-state index is -0.307. The smallest absolute Gasteiger partial charge is 0.303 e. The van der Waals surface area contributed by atoms with Gasteiger partial charge in [-0.05, 0) is 6.92 Å². The van der Waals surface area contributed by atoms with Crippen LogP contribution in [0.15, 0.2) is 12.4 Å². The van der Waals surface area contributed by atoms with Gasteiger partial charge in [-0.2, -0.15) is 0 Å². The molecule has 0 atom stereocenters. The number of carbonyl (C=O) groups excluding carboxylic acids is 1. The number of aromatic nitrogens is 2. The molecule has 1 rings (SSSR count). The average molecular weight is 166 g/mol. The number of ether oxygens (including phenoxy) is 1. The topological polar surface area (TPSA) is 52.1 Å². The molecule has 4 heteroatoms. The predicted molar refractivity (Wildman–Crippen MR) is 42.2 cm³/mol. The fraction of sp³-hybridized carbons (Fsp3) is 0.375. The van der Waals surface area contributed by atoms with Crippen LogP contribution in [0.1, 0.15) is 18.3 Å². The summed E-state index contributed by atoms with van der Waals surface area (Å²) in [7, 11) is 0. The van der Waals surface area contributed by atoms with Crippen LogP contribution in [0.3, 0.4) is 0 Å². The second kappa shape index (κ2) is 3.80. The van der Waals surface area contributed by atoms with E-state index in [1.54, 1.807) is 12.4 Å². The Morgan fingerprint density at radius 3 is 2.92 bits per heavy atom. The molecule has 12 heavy (non-hydrogen) atoms. The van der Waals surface area contributed by atoms with Crippen LogP contribution >= 0.6 is 0 Å². The first kappa shape index (κ1) is 8.64. The highest BCUT2D eigenvalue weighted by Crippen LogP contribution is 1.96. The zero-order valence-electron chi connectivity index (χ0n) is 7.07. The quantitative estimate of drug-likeness (QED) is 0.611. The molecule has 0 spiro atoms. The van der Waals surface area contributed by atoms with Gasteiger partial charge in [-0.25, -0.2) is 0 Å². The Morgan fingerprint density at radius 1 is 1.58 bits per heavy atom. The van der Waals surface area contributed by atoms with E-state index in [1.165, 1.54) is 6.92 Å². The molecule has 0 unspecified atom stereocenters. The Hall–Kier alpha value is -1.45. The van der Waals surface area contributed by atoms with E-state index in [0.29, 0.717) is 5.69 Å². The molecule has 0 aliphatic carbocycles. The Morgan fingerprint density at radius 2 is 2.33 bits per heavy atom. The summed E-state index contributed by atoms with van der Waals surface area (Å²) in [5.41, 5.74) is 1.49. The Bertz CT molecular complexity index is 286. The number of aryl methyl sites for hydroxylation is 1. The van der Waals surface area contributed by atoms with Crippen LogP contribution in [-0.4, -0.2) is 15.9 Å². The molecule has 64 valence electrons. The summed E-state index contributed by atoms with van der Waals surface area (Å²) >= 11 is 0. The molecule has 0 bridgehead atoms. The van der Waals surface area contributed by atoms with Crippen LogP contribution in [0.25, 0.3) is 0 Å². The van der Waals surface area contributed by atoms with Crippen molar-refractivity contribution in [1.29, 1.82) is 0 Å². The lowest BCUT2D eigenvalue weighted by molar-refractivity contribution is -0.142. The van der Waals surface area contributed by atoms with Crippen molar-refractivity contribution >= 4 is 5.97 Å². The number of carbonyl (C=O) groups is 1. The molecule has 0 radical (unpaired) electrons. The van der Waals surface area contributed by atoms with E-state index >= 15 is 0 Å². The Balaban J connectivity index is 2.57. The summed E-state index contributed by atoms with van der Waals surface area (Å²) in [6.07, 6.45) is 3.23. The normalized spacial score (nSPS) is 9.50. The van der Waals surface area contributed by atoms with E-state index in [2.05, 4.69) is 9.97 Å². The van der Waals surface area contributed by atoms with Gasteiger partial charge >= 0.3 is 5.97 Å². The summed E-state index contributed by atoms with van der Waals surface area (Å²) in [4.78, 5) is 18.4. The highest BCUT2D eigenvalue weighted by atomic mass is 16.5. The van der Waals surface area contributed by atoms with Gasteiger partial charge in [0.1, 0.15) is 6.61 Å². The summed E-state index contributed by atoms with van der Waals surface area (Å²) in [5, 5.41) is 0. The maximum absolute atomic E-state index is 10.4. The van der Waals surface area contributed by atoms with Crippen LogP contribution < -0.4 is 0 Å². The summed E-state index contributed by atoms with van der Waals surface area (Å²) in [5.74, 6) is -0.307. The number of esters is 1. The average Bonchev–Trinajstić information content (AvgIpc) is 2.01. The largest absolute Gasteiger partial charge is 0.459 e. The number of hydrogen-bond acceptors (Lipinski definition) is 4. The van der Waals surface area contributed by atoms with Gasteiger partial charge in [-0.15, -0.1) is 0 Å². The molecular weight excluding hydrogens is 156 g/mol. The van der Waals surface area contributed by atoms with E-state index in [4.69, 9.17) is 4.74 Å². The molecular formula is C8H10N2O2. The highest BCUT2D eigenvalue weighted by Gasteiger charge is 1.97. The van der Waals surface area contributed by atoms with Crippen LogP contribution in [0.4, 0.5) is 0 Å². The fourth-order valence-electron chi connectivity index (χ4n) is 0.761. The Labute approximate surface area is 70.6 Å². The van der Waals surface area contributed by atoms with E-state index in [0.717, 1.165) is 5.69 Å². The van der Waals surface area contributed by atoms with E-state index in [1.807, 2.05) is 6.92 Å². The van der Waals surface area contributed by atoms with Crippen molar-refractivity contribution in [3.63, 3.8) is 0 Å². The zero-order valence-corrected chi connectivity index (χ0v) is 7.07. The van der Waals surface area contributed by atoms with Crippen molar-refractivity contribution in [3.05, 3.63) is 23.8 Å². The monoisotopic (exact) mass is 166 g/mol. The minimum Gasteiger partial charge on any atom is -0.459 e. The molecule has 0 fully saturated rings. The van der Waals surface area contributed by atoms with Crippen LogP contribution in [0, 0.1) is 6.92 Å².